The normalized spacial score (nSPS) is 10.9. The molecule has 7 nitrogen and oxygen atoms in total. The lowest BCUT2D eigenvalue weighted by molar-refractivity contribution is 0.399. The Hall–Kier alpha value is -3.00. The number of hydrogen-bond donors (Lipinski definition) is 0. The average Bonchev–Trinajstić information content (AvgIpc) is 3.28. The van der Waals surface area contributed by atoms with Crippen molar-refractivity contribution in [2.24, 2.45) is 0 Å². The van der Waals surface area contributed by atoms with Crippen molar-refractivity contribution in [2.45, 2.75) is 17.8 Å². The van der Waals surface area contributed by atoms with Crippen molar-refractivity contribution in [2.75, 3.05) is 0 Å². The van der Waals surface area contributed by atoms with Gasteiger partial charge in [-0.25, -0.2) is 9.97 Å². The summed E-state index contributed by atoms with van der Waals surface area (Å²) >= 11 is 1.43. The lowest BCUT2D eigenvalue weighted by Gasteiger charge is -1.98. The first-order valence-corrected chi connectivity index (χ1v) is 8.54. The molecule has 0 spiro atoms. The molecule has 0 unspecified atom stereocenters. The first-order valence-electron chi connectivity index (χ1n) is 7.55. The third-order valence-electron chi connectivity index (χ3n) is 3.46. The van der Waals surface area contributed by atoms with Crippen LogP contribution in [0.5, 0.6) is 0 Å². The second kappa shape index (κ2) is 6.86. The molecule has 3 aromatic heterocycles. The highest BCUT2D eigenvalue weighted by atomic mass is 32.2. The number of aryl methyl sites for hydroxylation is 1. The van der Waals surface area contributed by atoms with Crippen LogP contribution >= 0.6 is 11.8 Å². The van der Waals surface area contributed by atoms with E-state index in [-0.39, 0.29) is 0 Å². The topological polar surface area (TPSA) is 90.7 Å². The van der Waals surface area contributed by atoms with Gasteiger partial charge in [-0.3, -0.25) is 0 Å². The quantitative estimate of drug-likeness (QED) is 0.396. The van der Waals surface area contributed by atoms with Crippen molar-refractivity contribution in [1.82, 2.24) is 25.3 Å². The smallest absolute Gasteiger partial charge is 0.253 e. The fourth-order valence-electron chi connectivity index (χ4n) is 2.32. The van der Waals surface area contributed by atoms with Crippen molar-refractivity contribution >= 4 is 11.8 Å². The fraction of sp³-hybridized carbons (Fsp3) is 0.118. The van der Waals surface area contributed by atoms with Gasteiger partial charge in [0.2, 0.25) is 5.89 Å². The van der Waals surface area contributed by atoms with E-state index in [2.05, 4.69) is 25.3 Å². The Morgan fingerprint density at radius 2 is 1.80 bits per heavy atom. The molecule has 0 aliphatic heterocycles. The fourth-order valence-corrected chi connectivity index (χ4v) is 2.96. The molecule has 4 rings (SSSR count). The van der Waals surface area contributed by atoms with Gasteiger partial charge >= 0.3 is 0 Å². The third kappa shape index (κ3) is 3.29. The van der Waals surface area contributed by atoms with Crippen molar-refractivity contribution < 1.29 is 8.94 Å². The Balaban J connectivity index is 1.59. The Morgan fingerprint density at radius 1 is 1.00 bits per heavy atom. The number of thioether (sulfide) groups is 1. The zero-order chi connectivity index (χ0) is 17.1. The summed E-state index contributed by atoms with van der Waals surface area (Å²) in [6.45, 7) is 1.82. The van der Waals surface area contributed by atoms with Gasteiger partial charge in [0.05, 0.1) is 5.75 Å². The molecule has 0 saturated carbocycles. The number of benzene rings is 1. The molecule has 124 valence electrons. The molecule has 4 aromatic rings. The molecule has 0 saturated heterocycles. The molecular formula is C17H13N5O2S. The number of aromatic nitrogens is 5. The molecule has 0 bridgehead atoms. The molecule has 0 radical (unpaired) electrons. The monoisotopic (exact) mass is 351 g/mol. The van der Waals surface area contributed by atoms with Gasteiger partial charge in [-0.2, -0.15) is 0 Å². The van der Waals surface area contributed by atoms with Crippen LogP contribution in [0.1, 0.15) is 11.7 Å². The predicted octanol–water partition coefficient (Wildman–Crippen LogP) is 3.78. The van der Waals surface area contributed by atoms with E-state index in [0.717, 1.165) is 5.56 Å². The van der Waals surface area contributed by atoms with E-state index in [1.807, 2.05) is 37.3 Å². The van der Waals surface area contributed by atoms with Crippen LogP contribution in [0.4, 0.5) is 0 Å². The second-order valence-corrected chi connectivity index (χ2v) is 6.09. The summed E-state index contributed by atoms with van der Waals surface area (Å²) in [4.78, 5) is 8.31. The molecule has 0 N–H and O–H groups in total. The van der Waals surface area contributed by atoms with Crippen LogP contribution in [-0.4, -0.2) is 25.3 Å². The molecule has 0 fully saturated rings. The Morgan fingerprint density at radius 3 is 2.60 bits per heavy atom. The molecule has 0 aliphatic carbocycles. The maximum Gasteiger partial charge on any atom is 0.253 e. The first-order chi connectivity index (χ1) is 12.3. The van der Waals surface area contributed by atoms with Gasteiger partial charge in [0, 0.05) is 18.0 Å². The molecule has 8 heteroatoms. The molecule has 0 aliphatic rings. The third-order valence-corrected chi connectivity index (χ3v) is 4.32. The summed E-state index contributed by atoms with van der Waals surface area (Å²) in [6.07, 6.45) is 3.39. The second-order valence-electron chi connectivity index (χ2n) is 5.15. The summed E-state index contributed by atoms with van der Waals surface area (Å²) in [7, 11) is 0. The van der Waals surface area contributed by atoms with E-state index in [4.69, 9.17) is 8.94 Å². The van der Waals surface area contributed by atoms with E-state index in [0.29, 0.717) is 39.7 Å². The van der Waals surface area contributed by atoms with Gasteiger partial charge in [0.1, 0.15) is 17.0 Å². The maximum absolute atomic E-state index is 5.79. The van der Waals surface area contributed by atoms with Crippen LogP contribution in [-0.2, 0) is 5.75 Å². The zero-order valence-electron chi connectivity index (χ0n) is 13.3. The number of nitrogens with zero attached hydrogens (tertiary/aromatic N) is 5. The van der Waals surface area contributed by atoms with Crippen LogP contribution in [0, 0.1) is 6.92 Å². The minimum atomic E-state index is 0.391. The van der Waals surface area contributed by atoms with Gasteiger partial charge in [-0.1, -0.05) is 47.3 Å². The lowest BCUT2D eigenvalue weighted by atomic mass is 10.1. The highest BCUT2D eigenvalue weighted by Gasteiger charge is 2.21. The molecule has 1 aromatic carbocycles. The molecule has 25 heavy (non-hydrogen) atoms. The van der Waals surface area contributed by atoms with Crippen molar-refractivity contribution in [3.63, 3.8) is 0 Å². The van der Waals surface area contributed by atoms with E-state index in [1.54, 1.807) is 18.5 Å². The van der Waals surface area contributed by atoms with Gasteiger partial charge in [0.15, 0.2) is 5.16 Å². The standard InChI is InChI=1S/C17H13N5O2S/c1-11-14(15(22-24-11)12-6-3-2-4-7-12)16-21-20-13(23-16)10-25-17-18-8-5-9-19-17/h2-9H,10H2,1H3. The summed E-state index contributed by atoms with van der Waals surface area (Å²) in [5.41, 5.74) is 2.33. The van der Waals surface area contributed by atoms with Crippen molar-refractivity contribution in [3.8, 4) is 22.7 Å². The van der Waals surface area contributed by atoms with Gasteiger partial charge < -0.3 is 8.94 Å². The van der Waals surface area contributed by atoms with Crippen LogP contribution in [0.15, 0.2) is 62.9 Å². The number of hydrogen-bond acceptors (Lipinski definition) is 8. The Labute approximate surface area is 147 Å². The molecule has 3 heterocycles. The van der Waals surface area contributed by atoms with E-state index >= 15 is 0 Å². The van der Waals surface area contributed by atoms with Crippen LogP contribution in [0.3, 0.4) is 0 Å². The van der Waals surface area contributed by atoms with Gasteiger partial charge in [-0.05, 0) is 13.0 Å². The summed E-state index contributed by atoms with van der Waals surface area (Å²) in [5, 5.41) is 13.0. The predicted molar refractivity (Wildman–Crippen MR) is 91.6 cm³/mol. The summed E-state index contributed by atoms with van der Waals surface area (Å²) < 4.78 is 11.1. The van der Waals surface area contributed by atoms with Crippen LogP contribution < -0.4 is 0 Å². The first kappa shape index (κ1) is 15.5. The van der Waals surface area contributed by atoms with Crippen molar-refractivity contribution in [3.05, 3.63) is 60.4 Å². The number of rotatable bonds is 5. The van der Waals surface area contributed by atoms with Crippen molar-refractivity contribution in [1.29, 1.82) is 0 Å². The SMILES string of the molecule is Cc1onc(-c2ccccc2)c1-c1nnc(CSc2ncccn2)o1. The highest BCUT2D eigenvalue weighted by molar-refractivity contribution is 7.98. The molecule has 0 atom stereocenters. The highest BCUT2D eigenvalue weighted by Crippen LogP contribution is 2.33. The largest absolute Gasteiger partial charge is 0.420 e. The average molecular weight is 351 g/mol. The van der Waals surface area contributed by atoms with Crippen LogP contribution in [0.25, 0.3) is 22.7 Å². The van der Waals surface area contributed by atoms with Crippen LogP contribution in [0.2, 0.25) is 0 Å². The zero-order valence-corrected chi connectivity index (χ0v) is 14.1. The lowest BCUT2D eigenvalue weighted by Crippen LogP contribution is -1.85. The maximum atomic E-state index is 5.79. The van der Waals surface area contributed by atoms with E-state index in [9.17, 15) is 0 Å². The molecule has 0 amide bonds. The molecular weight excluding hydrogens is 338 g/mol. The minimum Gasteiger partial charge on any atom is -0.420 e. The Bertz CT molecular complexity index is 969. The minimum absolute atomic E-state index is 0.391. The van der Waals surface area contributed by atoms with E-state index in [1.165, 1.54) is 11.8 Å². The van der Waals surface area contributed by atoms with Gasteiger partial charge in [-0.15, -0.1) is 10.2 Å². The van der Waals surface area contributed by atoms with Gasteiger partial charge in [0.25, 0.3) is 5.89 Å². The summed E-state index contributed by atoms with van der Waals surface area (Å²) in [6, 6.07) is 11.5. The summed E-state index contributed by atoms with van der Waals surface area (Å²) in [5.74, 6) is 2.00. The Kier molecular flexibility index (Phi) is 4.26. The van der Waals surface area contributed by atoms with E-state index < -0.39 is 0 Å².